The van der Waals surface area contributed by atoms with Crippen molar-refractivity contribution in [2.45, 2.75) is 24.9 Å². The van der Waals surface area contributed by atoms with Gasteiger partial charge in [0.25, 0.3) is 11.5 Å². The number of hydrogen-bond acceptors (Lipinski definition) is 5. The summed E-state index contributed by atoms with van der Waals surface area (Å²) in [6.07, 6.45) is 6.80. The third-order valence-electron chi connectivity index (χ3n) is 5.74. The normalized spacial score (nSPS) is 17.9. The van der Waals surface area contributed by atoms with E-state index >= 15 is 0 Å². The monoisotopic (exact) mass is 391 g/mol. The van der Waals surface area contributed by atoms with Crippen molar-refractivity contribution in [2.24, 2.45) is 0 Å². The smallest absolute Gasteiger partial charge is 0.273 e. The maximum Gasteiger partial charge on any atom is 0.273 e. The molecular formula is C21H21N5O3. The highest BCUT2D eigenvalue weighted by atomic mass is 16.5. The first-order valence-electron chi connectivity index (χ1n) is 9.77. The molecular weight excluding hydrogens is 370 g/mol. The fourth-order valence-corrected chi connectivity index (χ4v) is 4.19. The van der Waals surface area contributed by atoms with Crippen LogP contribution < -0.4 is 5.56 Å². The summed E-state index contributed by atoms with van der Waals surface area (Å²) in [5.74, 6) is -0.179. The second-order valence-electron chi connectivity index (χ2n) is 7.46. The van der Waals surface area contributed by atoms with Crippen molar-refractivity contribution in [2.75, 3.05) is 19.7 Å². The van der Waals surface area contributed by atoms with Crippen molar-refractivity contribution >= 4 is 5.91 Å². The topological polar surface area (TPSA) is 93.1 Å². The third kappa shape index (κ3) is 3.15. The van der Waals surface area contributed by atoms with Gasteiger partial charge in [0.05, 0.1) is 24.2 Å². The van der Waals surface area contributed by atoms with Crippen molar-refractivity contribution in [3.05, 3.63) is 76.2 Å². The molecule has 0 unspecified atom stereocenters. The fourth-order valence-electron chi connectivity index (χ4n) is 4.19. The number of H-pyrrole nitrogens is 1. The second-order valence-corrected chi connectivity index (χ2v) is 7.46. The first-order chi connectivity index (χ1) is 14.1. The molecule has 0 bridgehead atoms. The quantitative estimate of drug-likeness (QED) is 0.717. The number of nitrogens with zero attached hydrogens (tertiary/aromatic N) is 4. The second kappa shape index (κ2) is 6.97. The van der Waals surface area contributed by atoms with Gasteiger partial charge in [-0.1, -0.05) is 18.2 Å². The number of benzene rings is 1. The van der Waals surface area contributed by atoms with Gasteiger partial charge in [0, 0.05) is 25.5 Å². The molecule has 3 aromatic rings. The highest BCUT2D eigenvalue weighted by Crippen LogP contribution is 2.41. The van der Waals surface area contributed by atoms with Gasteiger partial charge in [0.15, 0.2) is 0 Å². The number of fused-ring (bicyclic) bond motifs is 2. The molecule has 0 aliphatic carbocycles. The Morgan fingerprint density at radius 1 is 1.17 bits per heavy atom. The summed E-state index contributed by atoms with van der Waals surface area (Å²) in [6, 6.07) is 10.0. The summed E-state index contributed by atoms with van der Waals surface area (Å²) in [6.45, 7) is 1.76. The van der Waals surface area contributed by atoms with Crippen LogP contribution in [0.4, 0.5) is 0 Å². The summed E-state index contributed by atoms with van der Waals surface area (Å²) in [4.78, 5) is 32.1. The first-order valence-corrected chi connectivity index (χ1v) is 9.77. The standard InChI is InChI=1S/C21H21N5O3/c27-18-13-22-17(12-23-18)20(28)25-9-7-21(8-10-25)19-15(6-11-29-21)14-26(24-19)16-4-2-1-3-5-16/h1-5,12-14H,6-11H2,(H,23,27). The van der Waals surface area contributed by atoms with Crippen LogP contribution in [0.5, 0.6) is 0 Å². The fraction of sp³-hybridized carbons (Fsp3) is 0.333. The van der Waals surface area contributed by atoms with Crippen LogP contribution in [0.25, 0.3) is 5.69 Å². The van der Waals surface area contributed by atoms with Gasteiger partial charge in [-0.05, 0) is 37.0 Å². The molecule has 8 nitrogen and oxygen atoms in total. The number of piperidine rings is 1. The Hall–Kier alpha value is -3.26. The molecule has 2 aliphatic heterocycles. The van der Waals surface area contributed by atoms with Gasteiger partial charge in [0.1, 0.15) is 11.3 Å². The summed E-state index contributed by atoms with van der Waals surface area (Å²) in [5.41, 5.74) is 2.69. The third-order valence-corrected chi connectivity index (χ3v) is 5.74. The van der Waals surface area contributed by atoms with Crippen molar-refractivity contribution in [1.29, 1.82) is 0 Å². The van der Waals surface area contributed by atoms with Gasteiger partial charge < -0.3 is 14.6 Å². The van der Waals surface area contributed by atoms with E-state index in [1.807, 2.05) is 35.0 Å². The molecule has 0 radical (unpaired) electrons. The van der Waals surface area contributed by atoms with E-state index in [4.69, 9.17) is 9.84 Å². The number of amides is 1. The summed E-state index contributed by atoms with van der Waals surface area (Å²) >= 11 is 0. The number of carbonyl (C=O) groups excluding carboxylic acids is 1. The molecule has 148 valence electrons. The molecule has 2 aliphatic rings. The number of rotatable bonds is 2. The highest BCUT2D eigenvalue weighted by Gasteiger charge is 2.44. The minimum Gasteiger partial charge on any atom is -0.368 e. The van der Waals surface area contributed by atoms with E-state index in [1.165, 1.54) is 11.8 Å². The van der Waals surface area contributed by atoms with Crippen LogP contribution in [0.2, 0.25) is 0 Å². The minimum atomic E-state index is -0.456. The predicted molar refractivity (Wildman–Crippen MR) is 105 cm³/mol. The number of nitrogens with one attached hydrogen (secondary N) is 1. The van der Waals surface area contributed by atoms with Crippen molar-refractivity contribution in [3.63, 3.8) is 0 Å². The molecule has 1 N–H and O–H groups in total. The van der Waals surface area contributed by atoms with E-state index in [1.54, 1.807) is 4.90 Å². The summed E-state index contributed by atoms with van der Waals surface area (Å²) in [7, 11) is 0. The molecule has 1 saturated heterocycles. The Bertz CT molecular complexity index is 1080. The Kier molecular flexibility index (Phi) is 4.28. The molecule has 0 atom stereocenters. The van der Waals surface area contributed by atoms with E-state index < -0.39 is 5.60 Å². The maximum absolute atomic E-state index is 12.7. The lowest BCUT2D eigenvalue weighted by molar-refractivity contribution is -0.0963. The number of carbonyl (C=O) groups is 1. The lowest BCUT2D eigenvalue weighted by Gasteiger charge is -2.42. The maximum atomic E-state index is 12.7. The van der Waals surface area contributed by atoms with Crippen LogP contribution in [0.15, 0.2) is 53.7 Å². The number of aromatic amines is 1. The zero-order valence-corrected chi connectivity index (χ0v) is 15.9. The number of ether oxygens (including phenoxy) is 1. The highest BCUT2D eigenvalue weighted by molar-refractivity contribution is 5.92. The zero-order chi connectivity index (χ0) is 19.8. The average molecular weight is 391 g/mol. The van der Waals surface area contributed by atoms with E-state index in [-0.39, 0.29) is 17.2 Å². The summed E-state index contributed by atoms with van der Waals surface area (Å²) < 4.78 is 8.17. The number of likely N-dealkylation sites (tertiary alicyclic amines) is 1. The number of hydrogen-bond donors (Lipinski definition) is 1. The van der Waals surface area contributed by atoms with Crippen LogP contribution in [-0.2, 0) is 16.8 Å². The molecule has 1 amide bonds. The Morgan fingerprint density at radius 2 is 1.97 bits per heavy atom. The lowest BCUT2D eigenvalue weighted by atomic mass is 9.83. The van der Waals surface area contributed by atoms with Gasteiger partial charge >= 0.3 is 0 Å². The molecule has 2 aromatic heterocycles. The van der Waals surface area contributed by atoms with E-state index in [0.29, 0.717) is 32.5 Å². The molecule has 8 heteroatoms. The molecule has 4 heterocycles. The van der Waals surface area contributed by atoms with Crippen LogP contribution in [0.1, 0.15) is 34.6 Å². The van der Waals surface area contributed by atoms with Crippen LogP contribution in [0, 0.1) is 0 Å². The largest absolute Gasteiger partial charge is 0.368 e. The minimum absolute atomic E-state index is 0.179. The number of aromatic nitrogens is 4. The van der Waals surface area contributed by atoms with E-state index in [9.17, 15) is 9.59 Å². The van der Waals surface area contributed by atoms with Gasteiger partial charge in [-0.25, -0.2) is 9.67 Å². The Labute approximate surface area is 167 Å². The predicted octanol–water partition coefficient (Wildman–Crippen LogP) is 1.66. The van der Waals surface area contributed by atoms with Crippen LogP contribution in [-0.4, -0.2) is 50.3 Å². The molecule has 0 saturated carbocycles. The van der Waals surface area contributed by atoms with Gasteiger partial charge in [0.2, 0.25) is 0 Å². The zero-order valence-electron chi connectivity index (χ0n) is 15.9. The lowest BCUT2D eigenvalue weighted by Crippen LogP contribution is -2.48. The van der Waals surface area contributed by atoms with Crippen molar-refractivity contribution in [1.82, 2.24) is 24.6 Å². The van der Waals surface area contributed by atoms with E-state index in [2.05, 4.69) is 16.2 Å². The van der Waals surface area contributed by atoms with Gasteiger partial charge in [-0.3, -0.25) is 9.59 Å². The molecule has 1 fully saturated rings. The SMILES string of the molecule is O=C(c1c[nH]c(=O)cn1)N1CCC2(CC1)OCCc1cn(-c3ccccc3)nc12. The van der Waals surface area contributed by atoms with Gasteiger partial charge in [-0.15, -0.1) is 0 Å². The van der Waals surface area contributed by atoms with Crippen molar-refractivity contribution < 1.29 is 9.53 Å². The molecule has 1 aromatic carbocycles. The van der Waals surface area contributed by atoms with Gasteiger partial charge in [-0.2, -0.15) is 5.10 Å². The molecule has 5 rings (SSSR count). The summed E-state index contributed by atoms with van der Waals surface area (Å²) in [5, 5.41) is 4.87. The van der Waals surface area contributed by atoms with Crippen LogP contribution in [0.3, 0.4) is 0 Å². The molecule has 29 heavy (non-hydrogen) atoms. The van der Waals surface area contributed by atoms with Crippen LogP contribution >= 0.6 is 0 Å². The Morgan fingerprint density at radius 3 is 2.69 bits per heavy atom. The Balaban J connectivity index is 1.37. The average Bonchev–Trinajstić information content (AvgIpc) is 3.21. The number of para-hydroxylation sites is 1. The molecule has 1 spiro atoms. The van der Waals surface area contributed by atoms with Crippen molar-refractivity contribution in [3.8, 4) is 5.69 Å². The van der Waals surface area contributed by atoms with E-state index in [0.717, 1.165) is 24.0 Å². The first kappa shape index (κ1) is 17.8.